The van der Waals surface area contributed by atoms with E-state index in [2.05, 4.69) is 24.9 Å². The summed E-state index contributed by atoms with van der Waals surface area (Å²) in [7, 11) is 9.34. The Morgan fingerprint density at radius 2 is 2.10 bits per heavy atom. The van der Waals surface area contributed by atoms with E-state index in [1.54, 1.807) is 6.92 Å². The summed E-state index contributed by atoms with van der Waals surface area (Å²) in [5.41, 5.74) is 4.88. The van der Waals surface area contributed by atoms with E-state index in [0.717, 1.165) is 13.1 Å². The van der Waals surface area contributed by atoms with Crippen molar-refractivity contribution < 1.29 is 22.7 Å². The molecule has 0 saturated heterocycles. The molecule has 0 bridgehead atoms. The molecule has 3 nitrogen and oxygen atoms in total. The van der Waals surface area contributed by atoms with E-state index < -0.39 is 0 Å². The molecule has 0 unspecified atom stereocenters. The van der Waals surface area contributed by atoms with E-state index in [-0.39, 0.29) is 12.5 Å². The van der Waals surface area contributed by atoms with Gasteiger partial charge in [-0.25, -0.2) is 0 Å². The number of carbonyl (C=O) groups is 1. The minimum absolute atomic E-state index is 0.0200. The molecule has 0 atom stereocenters. The van der Waals surface area contributed by atoms with E-state index in [9.17, 15) is 4.79 Å². The van der Waals surface area contributed by atoms with Crippen LogP contribution in [0.2, 0.25) is 0 Å². The summed E-state index contributed by atoms with van der Waals surface area (Å²) < 4.78 is 4.43. The van der Waals surface area contributed by atoms with Gasteiger partial charge in [-0.05, 0) is 6.92 Å². The van der Waals surface area contributed by atoms with Crippen molar-refractivity contribution in [3.63, 3.8) is 0 Å². The summed E-state index contributed by atoms with van der Waals surface area (Å²) >= 11 is 0.757. The van der Waals surface area contributed by atoms with Crippen molar-refractivity contribution in [1.29, 1.82) is 0 Å². The molecule has 10 heavy (non-hydrogen) atoms. The number of halogens is 2. The van der Waals surface area contributed by atoms with Crippen LogP contribution in [-0.4, -0.2) is 19.1 Å². The van der Waals surface area contributed by atoms with E-state index in [4.69, 9.17) is 5.73 Å². The summed E-state index contributed by atoms with van der Waals surface area (Å²) in [6.45, 7) is 2.14. The topological polar surface area (TPSA) is 52.3 Å². The maximum atomic E-state index is 10.1. The number of hydrogen-bond donors (Lipinski definition) is 1. The Bertz CT molecular complexity index is 83.7. The quantitative estimate of drug-likeness (QED) is 0.573. The third kappa shape index (κ3) is 15.8. The first-order valence-corrected chi connectivity index (χ1v) is 4.99. The first-order valence-electron chi connectivity index (χ1n) is 2.39. The van der Waals surface area contributed by atoms with Gasteiger partial charge in [0.25, 0.3) is 0 Å². The molecule has 0 aliphatic carbocycles. The van der Waals surface area contributed by atoms with Gasteiger partial charge in [0.2, 0.25) is 0 Å². The van der Waals surface area contributed by atoms with E-state index >= 15 is 0 Å². The first kappa shape index (κ1) is 13.1. The van der Waals surface area contributed by atoms with Crippen LogP contribution in [0.1, 0.15) is 6.92 Å². The Labute approximate surface area is 74.8 Å². The molecule has 0 aromatic carbocycles. The summed E-state index contributed by atoms with van der Waals surface area (Å²) in [6, 6.07) is 0. The van der Waals surface area contributed by atoms with Crippen LogP contribution in [0.4, 0.5) is 0 Å². The molecule has 0 amide bonds. The SMILES string of the molecule is CCOC(=O)CN.[Cl][Cu][Cl]. The van der Waals surface area contributed by atoms with Gasteiger partial charge in [-0.1, -0.05) is 0 Å². The van der Waals surface area contributed by atoms with Crippen molar-refractivity contribution in [2.24, 2.45) is 5.73 Å². The summed E-state index contributed by atoms with van der Waals surface area (Å²) in [5, 5.41) is 0. The zero-order chi connectivity index (χ0) is 8.41. The fraction of sp³-hybridized carbons (Fsp3) is 0.750. The zero-order valence-corrected chi connectivity index (χ0v) is 7.82. The normalized spacial score (nSPS) is 8.00. The van der Waals surface area contributed by atoms with Gasteiger partial charge >= 0.3 is 39.3 Å². The van der Waals surface area contributed by atoms with Crippen molar-refractivity contribution >= 4 is 26.2 Å². The molecular weight excluding hydrogens is 229 g/mol. The molecule has 0 aliphatic rings. The molecule has 67 valence electrons. The van der Waals surface area contributed by atoms with Crippen LogP contribution in [0, 0.1) is 0 Å². The van der Waals surface area contributed by atoms with Crippen LogP contribution >= 0.6 is 20.2 Å². The van der Waals surface area contributed by atoms with Crippen LogP contribution < -0.4 is 5.73 Å². The van der Waals surface area contributed by atoms with Crippen LogP contribution in [0.5, 0.6) is 0 Å². The molecule has 0 spiro atoms. The number of rotatable bonds is 2. The molecule has 0 aromatic rings. The van der Waals surface area contributed by atoms with Crippen molar-refractivity contribution in [3.05, 3.63) is 0 Å². The Kier molecular flexibility index (Phi) is 16.1. The van der Waals surface area contributed by atoms with Gasteiger partial charge in [0.1, 0.15) is 0 Å². The summed E-state index contributed by atoms with van der Waals surface area (Å²) in [5.74, 6) is -0.345. The number of nitrogens with two attached hydrogens (primary N) is 1. The van der Waals surface area contributed by atoms with Gasteiger partial charge in [0.05, 0.1) is 13.2 Å². The molecule has 0 saturated carbocycles. The monoisotopic (exact) mass is 236 g/mol. The average Bonchev–Trinajstić information content (AvgIpc) is 1.90. The van der Waals surface area contributed by atoms with Crippen LogP contribution in [-0.2, 0) is 22.7 Å². The van der Waals surface area contributed by atoms with E-state index in [1.165, 1.54) is 0 Å². The molecule has 6 heteroatoms. The van der Waals surface area contributed by atoms with Crippen molar-refractivity contribution in [3.8, 4) is 0 Å². The summed E-state index contributed by atoms with van der Waals surface area (Å²) in [4.78, 5) is 10.1. The molecule has 0 heterocycles. The fourth-order valence-electron chi connectivity index (χ4n) is 0.220. The number of esters is 1. The molecule has 0 aliphatic heterocycles. The summed E-state index contributed by atoms with van der Waals surface area (Å²) in [6.07, 6.45) is 0. The molecular formula is C4H9Cl2CuNO2. The second-order valence-corrected chi connectivity index (χ2v) is 2.61. The minimum atomic E-state index is -0.345. The third-order valence-electron chi connectivity index (χ3n) is 0.472. The standard InChI is InChI=1S/C4H9NO2.2ClH.Cu/c1-2-7-4(6)3-5;;;/h2-3,5H2,1H3;2*1H;/q;;;+2/p-2. The van der Waals surface area contributed by atoms with Crippen molar-refractivity contribution in [1.82, 2.24) is 0 Å². The molecule has 0 fully saturated rings. The maximum absolute atomic E-state index is 10.1. The van der Waals surface area contributed by atoms with Crippen molar-refractivity contribution in [2.45, 2.75) is 6.92 Å². The first-order chi connectivity index (χ1) is 4.72. The second kappa shape index (κ2) is 12.2. The Morgan fingerprint density at radius 3 is 2.20 bits per heavy atom. The Balaban J connectivity index is 0. The van der Waals surface area contributed by atoms with Crippen LogP contribution in [0.3, 0.4) is 0 Å². The zero-order valence-electron chi connectivity index (χ0n) is 5.37. The molecule has 0 aromatic heterocycles. The van der Waals surface area contributed by atoms with E-state index in [1.807, 2.05) is 0 Å². The van der Waals surface area contributed by atoms with Gasteiger partial charge in [-0.3, -0.25) is 4.79 Å². The number of carbonyl (C=O) groups excluding carboxylic acids is 1. The van der Waals surface area contributed by atoms with E-state index in [0.29, 0.717) is 6.61 Å². The molecule has 0 radical (unpaired) electrons. The Hall–Kier alpha value is 0.529. The number of hydrogen-bond acceptors (Lipinski definition) is 3. The van der Waals surface area contributed by atoms with Gasteiger partial charge in [-0.15, -0.1) is 0 Å². The van der Waals surface area contributed by atoms with Crippen LogP contribution in [0.25, 0.3) is 0 Å². The van der Waals surface area contributed by atoms with Gasteiger partial charge in [0, 0.05) is 0 Å². The van der Waals surface area contributed by atoms with Gasteiger partial charge < -0.3 is 10.5 Å². The van der Waals surface area contributed by atoms with Crippen molar-refractivity contribution in [2.75, 3.05) is 13.2 Å². The van der Waals surface area contributed by atoms with Gasteiger partial charge in [-0.2, -0.15) is 0 Å². The molecule has 2 N–H and O–H groups in total. The van der Waals surface area contributed by atoms with Gasteiger partial charge in [0.15, 0.2) is 0 Å². The molecule has 0 rings (SSSR count). The third-order valence-corrected chi connectivity index (χ3v) is 0.472. The number of ether oxygens (including phenoxy) is 1. The Morgan fingerprint density at radius 1 is 1.70 bits per heavy atom. The van der Waals surface area contributed by atoms with Crippen LogP contribution in [0.15, 0.2) is 0 Å². The average molecular weight is 238 g/mol. The fourth-order valence-corrected chi connectivity index (χ4v) is 0.220. The predicted octanol–water partition coefficient (Wildman–Crippen LogP) is 0.885. The second-order valence-electron chi connectivity index (χ2n) is 1.05. The predicted molar refractivity (Wildman–Crippen MR) is 37.4 cm³/mol.